The number of hydrogen-bond donors (Lipinski definition) is 7. The Hall–Kier alpha value is -1.85. The van der Waals surface area contributed by atoms with E-state index in [1.165, 1.54) is 0 Å². The number of aliphatic hydroxyl groups is 1. The number of carbonyl (C=O) groups is 4. The van der Waals surface area contributed by atoms with Crippen LogP contribution in [0.5, 0.6) is 0 Å². The first kappa shape index (κ1) is 23.1. The molecule has 0 fully saturated rings. The molecule has 0 radical (unpaired) electrons. The van der Waals surface area contributed by atoms with Gasteiger partial charge >= 0.3 is 5.97 Å². The maximum Gasteiger partial charge on any atom is 0.322 e. The van der Waals surface area contributed by atoms with Crippen LogP contribution in [-0.4, -0.2) is 70.9 Å². The maximum atomic E-state index is 12.4. The second-order valence-corrected chi connectivity index (χ2v) is 5.88. The lowest BCUT2D eigenvalue weighted by atomic mass is 9.97. The van der Waals surface area contributed by atoms with Crippen LogP contribution in [0, 0.1) is 5.92 Å². The molecular formula is C14H26N4O6S. The minimum atomic E-state index is -1.22. The van der Waals surface area contributed by atoms with Crippen LogP contribution >= 0.6 is 12.6 Å². The highest BCUT2D eigenvalue weighted by Crippen LogP contribution is 2.09. The Balaban J connectivity index is 5.01. The highest BCUT2D eigenvalue weighted by Gasteiger charge is 2.30. The average Bonchev–Trinajstić information content (AvgIpc) is 2.59. The lowest BCUT2D eigenvalue weighted by molar-refractivity contribution is -0.138. The van der Waals surface area contributed by atoms with Crippen molar-refractivity contribution in [3.05, 3.63) is 0 Å². The topological polar surface area (TPSA) is 171 Å². The van der Waals surface area contributed by atoms with Crippen molar-refractivity contribution in [3.8, 4) is 0 Å². The number of carbonyl (C=O) groups excluding carboxylic acids is 3. The van der Waals surface area contributed by atoms with Crippen LogP contribution in [0.15, 0.2) is 0 Å². The number of rotatable bonds is 11. The fourth-order valence-electron chi connectivity index (χ4n) is 1.79. The summed E-state index contributed by atoms with van der Waals surface area (Å²) >= 11 is 3.97. The molecule has 0 bridgehead atoms. The summed E-state index contributed by atoms with van der Waals surface area (Å²) in [6.45, 7) is 2.39. The molecule has 0 saturated carbocycles. The SMILES string of the molecule is CCC(C)C(NC(=O)C(N)CO)C(=O)NC(CS)C(=O)NCC(=O)O. The van der Waals surface area contributed by atoms with Gasteiger partial charge in [0.25, 0.3) is 0 Å². The summed E-state index contributed by atoms with van der Waals surface area (Å²) in [5, 5.41) is 24.5. The number of carboxylic acid groups (broad SMARTS) is 1. The molecule has 0 aliphatic rings. The Morgan fingerprint density at radius 2 is 1.72 bits per heavy atom. The van der Waals surface area contributed by atoms with E-state index < -0.39 is 55.0 Å². The highest BCUT2D eigenvalue weighted by atomic mass is 32.1. The summed E-state index contributed by atoms with van der Waals surface area (Å²) in [5.74, 6) is -3.57. The van der Waals surface area contributed by atoms with Gasteiger partial charge in [-0.05, 0) is 5.92 Å². The predicted octanol–water partition coefficient (Wildman–Crippen LogP) is -2.55. The molecule has 4 unspecified atom stereocenters. The van der Waals surface area contributed by atoms with E-state index in [2.05, 4.69) is 28.6 Å². The fourth-order valence-corrected chi connectivity index (χ4v) is 2.04. The highest BCUT2D eigenvalue weighted by molar-refractivity contribution is 7.80. The summed E-state index contributed by atoms with van der Waals surface area (Å²) in [6.07, 6.45) is 0.559. The number of nitrogens with one attached hydrogen (secondary N) is 3. The average molecular weight is 378 g/mol. The zero-order chi connectivity index (χ0) is 19.6. The van der Waals surface area contributed by atoms with Crippen LogP contribution in [0.3, 0.4) is 0 Å². The van der Waals surface area contributed by atoms with Gasteiger partial charge in [0.05, 0.1) is 6.61 Å². The minimum absolute atomic E-state index is 0.0610. The molecule has 0 spiro atoms. The molecule has 10 nitrogen and oxygen atoms in total. The van der Waals surface area contributed by atoms with Gasteiger partial charge in [0.2, 0.25) is 17.7 Å². The Bertz CT molecular complexity index is 490. The molecule has 0 aromatic heterocycles. The van der Waals surface area contributed by atoms with Gasteiger partial charge in [-0.15, -0.1) is 0 Å². The number of nitrogens with two attached hydrogens (primary N) is 1. The van der Waals surface area contributed by atoms with E-state index in [0.717, 1.165) is 0 Å². The molecule has 0 aliphatic carbocycles. The van der Waals surface area contributed by atoms with Crippen LogP contribution in [0.4, 0.5) is 0 Å². The van der Waals surface area contributed by atoms with Gasteiger partial charge in [-0.3, -0.25) is 19.2 Å². The fraction of sp³-hybridized carbons (Fsp3) is 0.714. The molecule has 11 heteroatoms. The number of carboxylic acids is 1. The van der Waals surface area contributed by atoms with E-state index in [9.17, 15) is 19.2 Å². The Labute approximate surface area is 151 Å². The molecular weight excluding hydrogens is 352 g/mol. The van der Waals surface area contributed by atoms with Crippen molar-refractivity contribution >= 4 is 36.3 Å². The third kappa shape index (κ3) is 8.18. The molecule has 0 aromatic carbocycles. The Kier molecular flexibility index (Phi) is 10.8. The number of aliphatic hydroxyl groups excluding tert-OH is 1. The first-order chi connectivity index (χ1) is 11.7. The van der Waals surface area contributed by atoms with Gasteiger partial charge in [0.15, 0.2) is 0 Å². The third-order valence-electron chi connectivity index (χ3n) is 3.56. The van der Waals surface area contributed by atoms with Gasteiger partial charge in [0.1, 0.15) is 24.7 Å². The van der Waals surface area contributed by atoms with Crippen molar-refractivity contribution in [2.75, 3.05) is 18.9 Å². The van der Waals surface area contributed by atoms with Crippen LogP contribution in [0.25, 0.3) is 0 Å². The lowest BCUT2D eigenvalue weighted by Crippen LogP contribution is -2.58. The number of hydrogen-bond acceptors (Lipinski definition) is 7. The predicted molar refractivity (Wildman–Crippen MR) is 92.9 cm³/mol. The monoisotopic (exact) mass is 378 g/mol. The number of amides is 3. The third-order valence-corrected chi connectivity index (χ3v) is 3.92. The molecule has 0 rings (SSSR count). The van der Waals surface area contributed by atoms with Gasteiger partial charge in [-0.25, -0.2) is 0 Å². The van der Waals surface area contributed by atoms with Crippen molar-refractivity contribution < 1.29 is 29.4 Å². The smallest absolute Gasteiger partial charge is 0.322 e. The molecule has 0 aromatic rings. The summed E-state index contributed by atoms with van der Waals surface area (Å²) in [4.78, 5) is 46.6. The van der Waals surface area contributed by atoms with Crippen LogP contribution in [-0.2, 0) is 19.2 Å². The van der Waals surface area contributed by atoms with Gasteiger partial charge in [-0.2, -0.15) is 12.6 Å². The van der Waals surface area contributed by atoms with E-state index in [-0.39, 0.29) is 11.7 Å². The summed E-state index contributed by atoms with van der Waals surface area (Å²) < 4.78 is 0. The summed E-state index contributed by atoms with van der Waals surface area (Å²) in [7, 11) is 0. The first-order valence-electron chi connectivity index (χ1n) is 7.75. The van der Waals surface area contributed by atoms with Crippen molar-refractivity contribution in [1.82, 2.24) is 16.0 Å². The van der Waals surface area contributed by atoms with Crippen LogP contribution in [0.1, 0.15) is 20.3 Å². The Morgan fingerprint density at radius 1 is 1.12 bits per heavy atom. The second-order valence-electron chi connectivity index (χ2n) is 5.52. The molecule has 3 amide bonds. The normalized spacial score (nSPS) is 15.4. The van der Waals surface area contributed by atoms with E-state index >= 15 is 0 Å². The minimum Gasteiger partial charge on any atom is -0.480 e. The van der Waals surface area contributed by atoms with Crippen molar-refractivity contribution in [2.24, 2.45) is 11.7 Å². The van der Waals surface area contributed by atoms with Crippen LogP contribution in [0.2, 0.25) is 0 Å². The molecule has 4 atom stereocenters. The zero-order valence-corrected chi connectivity index (χ0v) is 15.1. The quantitative estimate of drug-likeness (QED) is 0.194. The van der Waals surface area contributed by atoms with Crippen LogP contribution < -0.4 is 21.7 Å². The van der Waals surface area contributed by atoms with Crippen molar-refractivity contribution in [2.45, 2.75) is 38.4 Å². The molecule has 0 heterocycles. The Morgan fingerprint density at radius 3 is 2.16 bits per heavy atom. The number of aliphatic carboxylic acids is 1. The lowest BCUT2D eigenvalue weighted by Gasteiger charge is -2.26. The maximum absolute atomic E-state index is 12.4. The van der Waals surface area contributed by atoms with E-state index in [0.29, 0.717) is 6.42 Å². The molecule has 7 N–H and O–H groups in total. The van der Waals surface area contributed by atoms with E-state index in [1.54, 1.807) is 6.92 Å². The van der Waals surface area contributed by atoms with E-state index in [4.69, 9.17) is 15.9 Å². The van der Waals surface area contributed by atoms with Crippen molar-refractivity contribution in [3.63, 3.8) is 0 Å². The number of thiol groups is 1. The standard InChI is InChI=1S/C14H26N4O6S/c1-3-7(2)11(18-12(22)8(15)5-19)14(24)17-9(6-25)13(23)16-4-10(20)21/h7-9,11,19,25H,3-6,15H2,1-2H3,(H,16,23)(H,17,24)(H,18,22)(H,20,21). The zero-order valence-electron chi connectivity index (χ0n) is 14.2. The molecule has 0 saturated heterocycles. The first-order valence-corrected chi connectivity index (χ1v) is 8.38. The largest absolute Gasteiger partial charge is 0.480 e. The van der Waals surface area contributed by atoms with Gasteiger partial charge < -0.3 is 31.9 Å². The summed E-state index contributed by atoms with van der Waals surface area (Å²) in [5.41, 5.74) is 5.42. The molecule has 0 aliphatic heterocycles. The van der Waals surface area contributed by atoms with Gasteiger partial charge in [0, 0.05) is 5.75 Å². The second kappa shape index (κ2) is 11.7. The van der Waals surface area contributed by atoms with Gasteiger partial charge in [-0.1, -0.05) is 20.3 Å². The van der Waals surface area contributed by atoms with E-state index in [1.807, 2.05) is 6.92 Å². The molecule has 144 valence electrons. The van der Waals surface area contributed by atoms with Crippen molar-refractivity contribution in [1.29, 1.82) is 0 Å². The summed E-state index contributed by atoms with van der Waals surface area (Å²) in [6, 6.07) is -3.20. The molecule has 25 heavy (non-hydrogen) atoms.